The standard InChI is InChI=1S/C17H27FN4.HI/c1-3-22-11-9-14(13-22)12-21-17(19-2)20-10-8-15-6-4-5-7-16(15)18;/h4-7,14H,3,8-13H2,1-2H3,(H2,19,20,21);1H. The lowest BCUT2D eigenvalue weighted by Gasteiger charge is -2.16. The quantitative estimate of drug-likeness (QED) is 0.411. The van der Waals surface area contributed by atoms with Crippen LogP contribution < -0.4 is 10.6 Å². The summed E-state index contributed by atoms with van der Waals surface area (Å²) in [4.78, 5) is 6.70. The molecule has 1 aromatic carbocycles. The molecule has 130 valence electrons. The van der Waals surface area contributed by atoms with Gasteiger partial charge in [-0.05, 0) is 43.5 Å². The zero-order valence-electron chi connectivity index (χ0n) is 14.0. The summed E-state index contributed by atoms with van der Waals surface area (Å²) in [5.41, 5.74) is 0.736. The van der Waals surface area contributed by atoms with Crippen molar-refractivity contribution in [3.05, 3.63) is 35.6 Å². The Labute approximate surface area is 156 Å². The second kappa shape index (κ2) is 10.8. The van der Waals surface area contributed by atoms with Gasteiger partial charge in [-0.2, -0.15) is 0 Å². The SMILES string of the molecule is CCN1CCC(CNC(=NC)NCCc2ccccc2F)C1.I. The van der Waals surface area contributed by atoms with Gasteiger partial charge in [-0.25, -0.2) is 4.39 Å². The first-order chi connectivity index (χ1) is 10.7. The van der Waals surface area contributed by atoms with E-state index in [1.54, 1.807) is 13.1 Å². The van der Waals surface area contributed by atoms with Gasteiger partial charge in [-0.1, -0.05) is 25.1 Å². The Balaban J connectivity index is 0.00000264. The number of likely N-dealkylation sites (tertiary alicyclic amines) is 1. The lowest BCUT2D eigenvalue weighted by molar-refractivity contribution is 0.342. The number of guanidine groups is 1. The third-order valence-corrected chi connectivity index (χ3v) is 4.24. The summed E-state index contributed by atoms with van der Waals surface area (Å²) in [5, 5.41) is 6.63. The summed E-state index contributed by atoms with van der Waals surface area (Å²) in [6, 6.07) is 6.91. The highest BCUT2D eigenvalue weighted by atomic mass is 127. The zero-order valence-corrected chi connectivity index (χ0v) is 16.3. The number of nitrogens with zero attached hydrogens (tertiary/aromatic N) is 2. The van der Waals surface area contributed by atoms with Gasteiger partial charge in [0.25, 0.3) is 0 Å². The molecule has 1 fully saturated rings. The van der Waals surface area contributed by atoms with Crippen molar-refractivity contribution in [1.29, 1.82) is 0 Å². The molecule has 2 N–H and O–H groups in total. The monoisotopic (exact) mass is 434 g/mol. The van der Waals surface area contributed by atoms with Gasteiger partial charge in [0.2, 0.25) is 0 Å². The maximum absolute atomic E-state index is 13.5. The molecule has 23 heavy (non-hydrogen) atoms. The van der Waals surface area contributed by atoms with Crippen molar-refractivity contribution in [3.63, 3.8) is 0 Å². The van der Waals surface area contributed by atoms with Crippen LogP contribution in [-0.4, -0.2) is 50.6 Å². The van der Waals surface area contributed by atoms with E-state index in [9.17, 15) is 4.39 Å². The molecule has 1 heterocycles. The maximum Gasteiger partial charge on any atom is 0.190 e. The minimum Gasteiger partial charge on any atom is -0.356 e. The third-order valence-electron chi connectivity index (χ3n) is 4.24. The molecule has 1 saturated heterocycles. The van der Waals surface area contributed by atoms with E-state index >= 15 is 0 Å². The van der Waals surface area contributed by atoms with Crippen molar-refractivity contribution in [2.45, 2.75) is 19.8 Å². The molecule has 0 spiro atoms. The van der Waals surface area contributed by atoms with Crippen molar-refractivity contribution in [2.75, 3.05) is 39.8 Å². The Morgan fingerprint density at radius 1 is 1.35 bits per heavy atom. The topological polar surface area (TPSA) is 39.7 Å². The largest absolute Gasteiger partial charge is 0.356 e. The Morgan fingerprint density at radius 2 is 2.13 bits per heavy atom. The van der Waals surface area contributed by atoms with E-state index in [1.807, 2.05) is 12.1 Å². The van der Waals surface area contributed by atoms with E-state index < -0.39 is 0 Å². The molecule has 1 unspecified atom stereocenters. The highest BCUT2D eigenvalue weighted by Gasteiger charge is 2.20. The van der Waals surface area contributed by atoms with Crippen LogP contribution in [0, 0.1) is 11.7 Å². The van der Waals surface area contributed by atoms with Gasteiger partial charge in [-0.15, -0.1) is 24.0 Å². The summed E-state index contributed by atoms with van der Waals surface area (Å²) >= 11 is 0. The average molecular weight is 434 g/mol. The van der Waals surface area contributed by atoms with Crippen molar-refractivity contribution in [2.24, 2.45) is 10.9 Å². The number of aliphatic imine (C=N–C) groups is 1. The van der Waals surface area contributed by atoms with Crippen LogP contribution in [0.4, 0.5) is 4.39 Å². The molecule has 0 radical (unpaired) electrons. The molecular weight excluding hydrogens is 406 g/mol. The summed E-state index contributed by atoms with van der Waals surface area (Å²) in [6.07, 6.45) is 1.90. The Kier molecular flexibility index (Phi) is 9.47. The molecule has 1 atom stereocenters. The van der Waals surface area contributed by atoms with E-state index in [0.29, 0.717) is 18.9 Å². The molecule has 4 nitrogen and oxygen atoms in total. The Hall–Kier alpha value is -0.890. The molecule has 0 saturated carbocycles. The van der Waals surface area contributed by atoms with Crippen molar-refractivity contribution in [1.82, 2.24) is 15.5 Å². The molecule has 0 aromatic heterocycles. The van der Waals surface area contributed by atoms with Crippen LogP contribution in [0.2, 0.25) is 0 Å². The van der Waals surface area contributed by atoms with E-state index in [1.165, 1.54) is 19.0 Å². The first-order valence-corrected chi connectivity index (χ1v) is 8.13. The lowest BCUT2D eigenvalue weighted by atomic mass is 10.1. The van der Waals surface area contributed by atoms with E-state index in [-0.39, 0.29) is 29.8 Å². The van der Waals surface area contributed by atoms with Crippen molar-refractivity contribution in [3.8, 4) is 0 Å². The van der Waals surface area contributed by atoms with Crippen LogP contribution in [0.3, 0.4) is 0 Å². The fourth-order valence-electron chi connectivity index (χ4n) is 2.85. The average Bonchev–Trinajstić information content (AvgIpc) is 3.00. The maximum atomic E-state index is 13.5. The molecule has 2 rings (SSSR count). The zero-order chi connectivity index (χ0) is 15.8. The number of benzene rings is 1. The highest BCUT2D eigenvalue weighted by Crippen LogP contribution is 2.14. The molecule has 1 aromatic rings. The van der Waals surface area contributed by atoms with Crippen LogP contribution in [0.25, 0.3) is 0 Å². The fraction of sp³-hybridized carbons (Fsp3) is 0.588. The second-order valence-electron chi connectivity index (χ2n) is 5.77. The highest BCUT2D eigenvalue weighted by molar-refractivity contribution is 14.0. The predicted molar refractivity (Wildman–Crippen MR) is 105 cm³/mol. The van der Waals surface area contributed by atoms with Gasteiger partial charge >= 0.3 is 0 Å². The Morgan fingerprint density at radius 3 is 2.78 bits per heavy atom. The van der Waals surface area contributed by atoms with Crippen LogP contribution >= 0.6 is 24.0 Å². The van der Waals surface area contributed by atoms with E-state index in [2.05, 4.69) is 27.4 Å². The van der Waals surface area contributed by atoms with Crippen molar-refractivity contribution >= 4 is 29.9 Å². The van der Waals surface area contributed by atoms with Crippen LogP contribution in [0.1, 0.15) is 18.9 Å². The summed E-state index contributed by atoms with van der Waals surface area (Å²) in [6.45, 7) is 7.31. The minimum atomic E-state index is -0.141. The van der Waals surface area contributed by atoms with Gasteiger partial charge in [0.1, 0.15) is 5.82 Å². The number of hydrogen-bond donors (Lipinski definition) is 2. The van der Waals surface area contributed by atoms with Gasteiger partial charge < -0.3 is 15.5 Å². The van der Waals surface area contributed by atoms with E-state index in [0.717, 1.165) is 31.2 Å². The molecule has 0 bridgehead atoms. The summed E-state index contributed by atoms with van der Waals surface area (Å²) in [7, 11) is 1.77. The lowest BCUT2D eigenvalue weighted by Crippen LogP contribution is -2.41. The van der Waals surface area contributed by atoms with Gasteiger partial charge in [0.15, 0.2) is 5.96 Å². The Bertz CT molecular complexity index is 495. The molecule has 0 aliphatic carbocycles. The van der Waals surface area contributed by atoms with Gasteiger partial charge in [0.05, 0.1) is 0 Å². The fourth-order valence-corrected chi connectivity index (χ4v) is 2.85. The molecule has 0 amide bonds. The first kappa shape index (κ1) is 20.2. The first-order valence-electron chi connectivity index (χ1n) is 8.13. The molecular formula is C17H28FIN4. The second-order valence-corrected chi connectivity index (χ2v) is 5.77. The molecule has 6 heteroatoms. The van der Waals surface area contributed by atoms with Crippen LogP contribution in [0.5, 0.6) is 0 Å². The minimum absolute atomic E-state index is 0. The number of rotatable bonds is 6. The van der Waals surface area contributed by atoms with Crippen LogP contribution in [0.15, 0.2) is 29.3 Å². The van der Waals surface area contributed by atoms with Gasteiger partial charge in [0, 0.05) is 26.7 Å². The number of halogens is 2. The summed E-state index contributed by atoms with van der Waals surface area (Å²) in [5.74, 6) is 1.34. The molecule has 1 aliphatic heterocycles. The normalized spacial score (nSPS) is 18.6. The van der Waals surface area contributed by atoms with Crippen LogP contribution in [-0.2, 0) is 6.42 Å². The van der Waals surface area contributed by atoms with E-state index in [4.69, 9.17) is 0 Å². The van der Waals surface area contributed by atoms with Gasteiger partial charge in [-0.3, -0.25) is 4.99 Å². The summed E-state index contributed by atoms with van der Waals surface area (Å²) < 4.78 is 13.5. The number of hydrogen-bond acceptors (Lipinski definition) is 2. The third kappa shape index (κ3) is 6.63. The molecule has 1 aliphatic rings. The smallest absolute Gasteiger partial charge is 0.190 e. The predicted octanol–water partition coefficient (Wildman–Crippen LogP) is 2.49. The number of nitrogens with one attached hydrogen (secondary N) is 2. The van der Waals surface area contributed by atoms with Crippen molar-refractivity contribution < 1.29 is 4.39 Å².